The summed E-state index contributed by atoms with van der Waals surface area (Å²) in [6, 6.07) is 14.5. The highest BCUT2D eigenvalue weighted by atomic mass is 16.6. The van der Waals surface area contributed by atoms with Crippen LogP contribution in [0.4, 0.5) is 22.7 Å². The first-order valence-electron chi connectivity index (χ1n) is 12.3. The second-order valence-corrected chi connectivity index (χ2v) is 8.28. The van der Waals surface area contributed by atoms with Gasteiger partial charge in [0.25, 0.3) is 23.2 Å². The van der Waals surface area contributed by atoms with E-state index in [0.717, 1.165) is 0 Å². The largest absolute Gasteiger partial charge is 0.457 e. The van der Waals surface area contributed by atoms with Gasteiger partial charge in [-0.3, -0.25) is 39.8 Å². The molecule has 0 bridgehead atoms. The third kappa shape index (κ3) is 9.88. The van der Waals surface area contributed by atoms with Crippen molar-refractivity contribution in [3.63, 3.8) is 0 Å². The van der Waals surface area contributed by atoms with Crippen LogP contribution < -0.4 is 31.2 Å². The molecule has 238 valence electrons. The number of carbonyl (C=O) groups is 2. The van der Waals surface area contributed by atoms with Gasteiger partial charge in [-0.25, -0.2) is 0 Å². The van der Waals surface area contributed by atoms with Crippen LogP contribution >= 0.6 is 0 Å². The lowest BCUT2D eigenvalue weighted by Crippen LogP contribution is -2.18. The van der Waals surface area contributed by atoms with Gasteiger partial charge in [0.1, 0.15) is 45.8 Å². The van der Waals surface area contributed by atoms with Crippen LogP contribution in [0.1, 0.15) is 35.8 Å². The van der Waals surface area contributed by atoms with E-state index in [-0.39, 0.29) is 60.9 Å². The monoisotopic (exact) mass is 622 g/mol. The van der Waals surface area contributed by atoms with Gasteiger partial charge in [0.2, 0.25) is 0 Å². The summed E-state index contributed by atoms with van der Waals surface area (Å²) in [5.41, 5.74) is 5.98. The summed E-state index contributed by atoms with van der Waals surface area (Å²) in [4.78, 5) is 51.5. The SMILES string of the molecule is C.C.CNC(=O)c1cc(Oc2ccc(N)c([N+](=O)[O-])c2)ccn1.CNC(=O)c1cc(Oc2ccc(NC)c([N+](=O)[O-])c2)ccn1. The van der Waals surface area contributed by atoms with Gasteiger partial charge in [-0.2, -0.15) is 0 Å². The molecule has 0 saturated heterocycles. The van der Waals surface area contributed by atoms with E-state index < -0.39 is 9.85 Å². The van der Waals surface area contributed by atoms with Crippen molar-refractivity contribution < 1.29 is 28.9 Å². The van der Waals surface area contributed by atoms with Crippen molar-refractivity contribution in [1.29, 1.82) is 0 Å². The summed E-state index contributed by atoms with van der Waals surface area (Å²) in [7, 11) is 4.58. The highest BCUT2D eigenvalue weighted by Crippen LogP contribution is 2.32. The zero-order valence-corrected chi connectivity index (χ0v) is 23.1. The summed E-state index contributed by atoms with van der Waals surface area (Å²) in [6.07, 6.45) is 2.84. The number of benzene rings is 2. The molecule has 0 aliphatic rings. The number of nitrogens with zero attached hydrogens (tertiary/aromatic N) is 4. The van der Waals surface area contributed by atoms with Crippen LogP contribution in [0.15, 0.2) is 73.1 Å². The molecule has 2 aromatic carbocycles. The molecule has 0 spiro atoms. The van der Waals surface area contributed by atoms with Gasteiger partial charge in [-0.05, 0) is 36.4 Å². The second kappa shape index (κ2) is 17.0. The van der Waals surface area contributed by atoms with Crippen LogP contribution in [0.3, 0.4) is 0 Å². The molecule has 0 saturated carbocycles. The van der Waals surface area contributed by atoms with E-state index in [2.05, 4.69) is 25.9 Å². The van der Waals surface area contributed by atoms with E-state index in [9.17, 15) is 29.8 Å². The van der Waals surface area contributed by atoms with Gasteiger partial charge in [-0.15, -0.1) is 0 Å². The van der Waals surface area contributed by atoms with Gasteiger partial charge < -0.3 is 31.2 Å². The van der Waals surface area contributed by atoms with Crippen molar-refractivity contribution in [2.75, 3.05) is 32.2 Å². The van der Waals surface area contributed by atoms with Crippen molar-refractivity contribution in [2.24, 2.45) is 0 Å². The standard InChI is InChI=1S/C14H14N4O4.C13H12N4O4.2CH4/c1-15-11-4-3-9(8-13(11)18(20)21)22-10-5-6-17-12(7-10)14(19)16-2;1-15-13(18)11-6-9(4-5-16-11)21-8-2-3-10(14)12(7-8)17(19)20;;/h3-8,15H,1-2H3,(H,16,19);2-7H,14H2,1H3,(H,15,18);2*1H4. The van der Waals surface area contributed by atoms with E-state index >= 15 is 0 Å². The Morgan fingerprint density at radius 1 is 0.689 bits per heavy atom. The number of ether oxygens (including phenoxy) is 2. The summed E-state index contributed by atoms with van der Waals surface area (Å²) in [6.45, 7) is 0. The Hall–Kier alpha value is -6.32. The zero-order valence-electron chi connectivity index (χ0n) is 23.1. The smallest absolute Gasteiger partial charge is 0.296 e. The van der Waals surface area contributed by atoms with Gasteiger partial charge in [0, 0.05) is 45.7 Å². The number of anilines is 2. The molecule has 16 heteroatoms. The molecule has 5 N–H and O–H groups in total. The number of nitro groups is 2. The average molecular weight is 623 g/mol. The van der Waals surface area contributed by atoms with Crippen molar-refractivity contribution in [2.45, 2.75) is 14.9 Å². The number of nitrogen functional groups attached to an aromatic ring is 1. The number of rotatable bonds is 9. The first-order valence-corrected chi connectivity index (χ1v) is 12.3. The highest BCUT2D eigenvalue weighted by molar-refractivity contribution is 5.92. The van der Waals surface area contributed by atoms with E-state index in [1.165, 1.54) is 69.0 Å². The number of amides is 2. The van der Waals surface area contributed by atoms with Gasteiger partial charge in [0.15, 0.2) is 0 Å². The van der Waals surface area contributed by atoms with Crippen LogP contribution in [-0.2, 0) is 0 Å². The second-order valence-electron chi connectivity index (χ2n) is 8.28. The molecule has 0 radical (unpaired) electrons. The lowest BCUT2D eigenvalue weighted by Gasteiger charge is -2.08. The molecule has 0 aliphatic carbocycles. The fraction of sp³-hybridized carbons (Fsp3) is 0.172. The normalized spacial score (nSPS) is 9.49. The minimum absolute atomic E-state index is 0. The first-order chi connectivity index (χ1) is 20.6. The van der Waals surface area contributed by atoms with Crippen molar-refractivity contribution in [3.8, 4) is 23.0 Å². The van der Waals surface area contributed by atoms with Crippen molar-refractivity contribution in [1.82, 2.24) is 20.6 Å². The summed E-state index contributed by atoms with van der Waals surface area (Å²) in [5.74, 6) is 0.526. The molecule has 0 unspecified atom stereocenters. The number of hydrogen-bond donors (Lipinski definition) is 4. The number of hydrogen-bond acceptors (Lipinski definition) is 12. The highest BCUT2D eigenvalue weighted by Gasteiger charge is 2.16. The van der Waals surface area contributed by atoms with E-state index in [0.29, 0.717) is 22.9 Å². The molecule has 2 aromatic heterocycles. The number of carbonyl (C=O) groups excluding carboxylic acids is 2. The summed E-state index contributed by atoms with van der Waals surface area (Å²) < 4.78 is 11.0. The molecular weight excluding hydrogens is 588 g/mol. The molecule has 16 nitrogen and oxygen atoms in total. The minimum Gasteiger partial charge on any atom is -0.457 e. The van der Waals surface area contributed by atoms with E-state index in [4.69, 9.17) is 15.2 Å². The molecule has 0 aliphatic heterocycles. The predicted molar refractivity (Wildman–Crippen MR) is 169 cm³/mol. The first kappa shape index (κ1) is 36.7. The number of nitrogens with two attached hydrogens (primary N) is 1. The molecule has 0 atom stereocenters. The summed E-state index contributed by atoms with van der Waals surface area (Å²) in [5, 5.41) is 29.5. The van der Waals surface area contributed by atoms with E-state index in [1.807, 2.05) is 0 Å². The Bertz CT molecular complexity index is 1670. The fourth-order valence-electron chi connectivity index (χ4n) is 3.41. The molecule has 2 heterocycles. The number of nitro benzene ring substituents is 2. The maximum absolute atomic E-state index is 11.5. The maximum Gasteiger partial charge on any atom is 0.296 e. The Morgan fingerprint density at radius 2 is 1.11 bits per heavy atom. The molecule has 45 heavy (non-hydrogen) atoms. The van der Waals surface area contributed by atoms with Gasteiger partial charge in [-0.1, -0.05) is 14.9 Å². The quantitative estimate of drug-likeness (QED) is 0.108. The Balaban J connectivity index is 0.000000431. The maximum atomic E-state index is 11.5. The number of pyridine rings is 2. The fourth-order valence-corrected chi connectivity index (χ4v) is 3.41. The van der Waals surface area contributed by atoms with Crippen LogP contribution in [0.2, 0.25) is 0 Å². The van der Waals surface area contributed by atoms with Crippen LogP contribution in [-0.4, -0.2) is 52.8 Å². The lowest BCUT2D eigenvalue weighted by atomic mass is 10.2. The molecule has 4 aromatic rings. The lowest BCUT2D eigenvalue weighted by molar-refractivity contribution is -0.384. The van der Waals surface area contributed by atoms with E-state index in [1.54, 1.807) is 25.2 Å². The Labute approximate surface area is 258 Å². The number of nitrogens with one attached hydrogen (secondary N) is 3. The molecule has 2 amide bonds. The average Bonchev–Trinajstić information content (AvgIpc) is 3.01. The van der Waals surface area contributed by atoms with Crippen molar-refractivity contribution in [3.05, 3.63) is 105 Å². The third-order valence-electron chi connectivity index (χ3n) is 5.49. The molecule has 0 fully saturated rings. The Kier molecular flexibility index (Phi) is 13.8. The topological polar surface area (TPSA) is 227 Å². The third-order valence-corrected chi connectivity index (χ3v) is 5.49. The predicted octanol–water partition coefficient (Wildman–Crippen LogP) is 5.18. The molecule has 4 rings (SSSR count). The Morgan fingerprint density at radius 3 is 1.53 bits per heavy atom. The number of aromatic nitrogens is 2. The zero-order chi connectivity index (χ0) is 31.5. The van der Waals surface area contributed by atoms with Gasteiger partial charge >= 0.3 is 0 Å². The van der Waals surface area contributed by atoms with Crippen LogP contribution in [0.25, 0.3) is 0 Å². The van der Waals surface area contributed by atoms with Crippen molar-refractivity contribution >= 4 is 34.6 Å². The summed E-state index contributed by atoms with van der Waals surface area (Å²) >= 11 is 0. The van der Waals surface area contributed by atoms with Crippen LogP contribution in [0, 0.1) is 20.2 Å². The minimum atomic E-state index is -0.593. The molecular formula is C29H34N8O8. The van der Waals surface area contributed by atoms with Crippen LogP contribution in [0.5, 0.6) is 23.0 Å². The van der Waals surface area contributed by atoms with Gasteiger partial charge in [0.05, 0.1) is 22.0 Å².